The van der Waals surface area contributed by atoms with Crippen molar-refractivity contribution < 1.29 is 49.6 Å². The first-order valence-electron chi connectivity index (χ1n) is 10.7. The van der Waals surface area contributed by atoms with Gasteiger partial charge < -0.3 is 44.8 Å². The summed E-state index contributed by atoms with van der Waals surface area (Å²) in [6.07, 6.45) is -3.80. The van der Waals surface area contributed by atoms with E-state index in [1.54, 1.807) is 12.1 Å². The summed E-state index contributed by atoms with van der Waals surface area (Å²) in [6.45, 7) is -0.424. The van der Waals surface area contributed by atoms with Crippen LogP contribution in [0.2, 0.25) is 0 Å². The van der Waals surface area contributed by atoms with Crippen LogP contribution in [0.5, 0.6) is 40.2 Å². The lowest BCUT2D eigenvalue weighted by atomic mass is 9.84. The molecule has 3 aromatic carbocycles. The highest BCUT2D eigenvalue weighted by Gasteiger charge is 2.45. The Hall–Kier alpha value is -4.15. The van der Waals surface area contributed by atoms with Crippen molar-refractivity contribution >= 4 is 5.78 Å². The van der Waals surface area contributed by atoms with Gasteiger partial charge in [-0.25, -0.2) is 0 Å². The second-order valence-electron chi connectivity index (χ2n) is 8.36. The van der Waals surface area contributed by atoms with Gasteiger partial charge in [0.05, 0.1) is 19.6 Å². The highest BCUT2D eigenvalue weighted by atomic mass is 16.5. The minimum atomic E-state index is -1.72. The number of aromatic hydroxyl groups is 4. The van der Waals surface area contributed by atoms with Crippen LogP contribution in [0.3, 0.4) is 0 Å². The molecule has 6 N–H and O–H groups in total. The van der Waals surface area contributed by atoms with E-state index in [4.69, 9.17) is 14.2 Å². The van der Waals surface area contributed by atoms with Gasteiger partial charge in [-0.2, -0.15) is 0 Å². The maximum absolute atomic E-state index is 12.9. The highest BCUT2D eigenvalue weighted by Crippen LogP contribution is 2.54. The van der Waals surface area contributed by atoms with E-state index in [-0.39, 0.29) is 45.6 Å². The fourth-order valence-corrected chi connectivity index (χ4v) is 4.72. The molecule has 182 valence electrons. The molecule has 0 radical (unpaired) electrons. The summed E-state index contributed by atoms with van der Waals surface area (Å²) in [5.41, 5.74) is 0.890. The molecule has 0 unspecified atom stereocenters. The molecule has 0 amide bonds. The molecule has 0 bridgehead atoms. The van der Waals surface area contributed by atoms with Gasteiger partial charge in [0.15, 0.2) is 35.2 Å². The Morgan fingerprint density at radius 2 is 1.66 bits per heavy atom. The van der Waals surface area contributed by atoms with E-state index >= 15 is 0 Å². The van der Waals surface area contributed by atoms with Crippen molar-refractivity contribution in [2.75, 3.05) is 13.7 Å². The predicted molar refractivity (Wildman–Crippen MR) is 119 cm³/mol. The van der Waals surface area contributed by atoms with Crippen molar-refractivity contribution in [2.45, 2.75) is 24.2 Å². The number of rotatable bonds is 4. The summed E-state index contributed by atoms with van der Waals surface area (Å²) in [5, 5.41) is 61.5. The van der Waals surface area contributed by atoms with E-state index in [1.807, 2.05) is 0 Å². The molecule has 0 spiro atoms. The number of carbonyl (C=O) groups excluding carboxylic acids is 1. The van der Waals surface area contributed by atoms with E-state index < -0.39 is 42.4 Å². The first-order valence-corrected chi connectivity index (χ1v) is 10.7. The number of aliphatic hydroxyl groups is 2. The van der Waals surface area contributed by atoms with Crippen molar-refractivity contribution in [2.24, 2.45) is 0 Å². The Bertz CT molecular complexity index is 1330. The van der Waals surface area contributed by atoms with Gasteiger partial charge in [-0.3, -0.25) is 4.79 Å². The maximum atomic E-state index is 12.9. The normalized spacial score (nSPS) is 22.7. The van der Waals surface area contributed by atoms with Crippen molar-refractivity contribution in [3.05, 3.63) is 64.7 Å². The lowest BCUT2D eigenvalue weighted by Gasteiger charge is -2.31. The quantitative estimate of drug-likeness (QED) is 0.325. The van der Waals surface area contributed by atoms with E-state index in [2.05, 4.69) is 0 Å². The fourth-order valence-electron chi connectivity index (χ4n) is 4.72. The molecule has 10 heteroatoms. The maximum Gasteiger partial charge on any atom is 0.202 e. The largest absolute Gasteiger partial charge is 0.508 e. The summed E-state index contributed by atoms with van der Waals surface area (Å²) in [6, 6.07) is 9.44. The van der Waals surface area contributed by atoms with Crippen LogP contribution in [0.1, 0.15) is 45.2 Å². The van der Waals surface area contributed by atoms with Crippen LogP contribution in [-0.4, -0.2) is 56.2 Å². The summed E-state index contributed by atoms with van der Waals surface area (Å²) in [5.74, 6) is -2.61. The Labute approximate surface area is 198 Å². The number of phenolic OH excluding ortho intramolecular Hbond substituents is 4. The van der Waals surface area contributed by atoms with Gasteiger partial charge in [0.25, 0.3) is 0 Å². The number of benzene rings is 3. The predicted octanol–water partition coefficient (Wildman–Crippen LogP) is 2.40. The van der Waals surface area contributed by atoms with Crippen molar-refractivity contribution in [3.8, 4) is 40.2 Å². The molecule has 2 heterocycles. The van der Waals surface area contributed by atoms with Gasteiger partial charge >= 0.3 is 0 Å². The Balaban J connectivity index is 1.61. The number of carbonyl (C=O) groups is 1. The average Bonchev–Trinajstić information content (AvgIpc) is 3.22. The van der Waals surface area contributed by atoms with Crippen LogP contribution in [-0.2, 0) is 0 Å². The van der Waals surface area contributed by atoms with Crippen LogP contribution < -0.4 is 14.2 Å². The molecule has 35 heavy (non-hydrogen) atoms. The summed E-state index contributed by atoms with van der Waals surface area (Å²) >= 11 is 0. The third-order valence-corrected chi connectivity index (χ3v) is 6.35. The zero-order valence-corrected chi connectivity index (χ0v) is 18.4. The van der Waals surface area contributed by atoms with Gasteiger partial charge in [0.2, 0.25) is 5.78 Å². The van der Waals surface area contributed by atoms with Crippen molar-refractivity contribution in [3.63, 3.8) is 0 Å². The first-order chi connectivity index (χ1) is 16.7. The third kappa shape index (κ3) is 3.46. The molecule has 0 aliphatic carbocycles. The van der Waals surface area contributed by atoms with E-state index in [0.717, 1.165) is 12.1 Å². The van der Waals surface area contributed by atoms with E-state index in [0.29, 0.717) is 11.1 Å². The molecule has 0 aromatic heterocycles. The minimum absolute atomic E-state index is 0.0476. The summed E-state index contributed by atoms with van der Waals surface area (Å²) in [7, 11) is 1.39. The summed E-state index contributed by atoms with van der Waals surface area (Å²) in [4.78, 5) is 12.9. The molecular formula is C25H22O10. The number of hydrogen-bond acceptors (Lipinski definition) is 10. The molecular weight excluding hydrogens is 460 g/mol. The molecule has 2 aliphatic rings. The van der Waals surface area contributed by atoms with Crippen molar-refractivity contribution in [1.29, 1.82) is 0 Å². The number of Topliss-reactive ketones (excluding diaryl/α,β-unsaturated/α-hetero) is 1. The standard InChI is InChI=1S/C25H22O10/c1-33-17-6-10(2-4-14(17)28)23-13(9-26)19-12(3-5-15(29)25(19)35-23)24-22(32)21(31)20-16(30)7-11(27)8-18(20)34-24/h2-8,13,22-24,26-30,32H,9H2,1H3/t13-,22-,23+,24+/m0/s1. The molecule has 3 aromatic rings. The second kappa shape index (κ2) is 8.26. The second-order valence-corrected chi connectivity index (χ2v) is 8.36. The number of hydrogen-bond donors (Lipinski definition) is 6. The Morgan fingerprint density at radius 3 is 2.37 bits per heavy atom. The van der Waals surface area contributed by atoms with E-state index in [1.165, 1.54) is 25.3 Å². The van der Waals surface area contributed by atoms with Crippen LogP contribution in [0.15, 0.2) is 42.5 Å². The lowest BCUT2D eigenvalue weighted by Crippen LogP contribution is -2.37. The monoisotopic (exact) mass is 482 g/mol. The van der Waals surface area contributed by atoms with Crippen LogP contribution in [0.25, 0.3) is 0 Å². The zero-order valence-electron chi connectivity index (χ0n) is 18.4. The topological polar surface area (TPSA) is 166 Å². The third-order valence-electron chi connectivity index (χ3n) is 6.35. The number of aliphatic hydroxyl groups excluding tert-OH is 2. The molecule has 0 saturated heterocycles. The number of phenols is 4. The van der Waals surface area contributed by atoms with E-state index in [9.17, 15) is 35.4 Å². The van der Waals surface area contributed by atoms with Gasteiger partial charge in [0.1, 0.15) is 28.9 Å². The number of fused-ring (bicyclic) bond motifs is 2. The van der Waals surface area contributed by atoms with Crippen LogP contribution in [0.4, 0.5) is 0 Å². The Kier molecular flexibility index (Phi) is 5.34. The minimum Gasteiger partial charge on any atom is -0.508 e. The molecule has 0 saturated carbocycles. The fraction of sp³-hybridized carbons (Fsp3) is 0.240. The average molecular weight is 482 g/mol. The first kappa shape index (κ1) is 22.6. The zero-order chi connectivity index (χ0) is 25.0. The molecule has 10 nitrogen and oxygen atoms in total. The Morgan fingerprint density at radius 1 is 0.914 bits per heavy atom. The van der Waals surface area contributed by atoms with Crippen LogP contribution in [0, 0.1) is 0 Å². The summed E-state index contributed by atoms with van der Waals surface area (Å²) < 4.78 is 17.0. The number of ketones is 1. The molecule has 0 fully saturated rings. The van der Waals surface area contributed by atoms with Crippen molar-refractivity contribution in [1.82, 2.24) is 0 Å². The molecule has 5 rings (SSSR count). The SMILES string of the molecule is COc1cc([C@H]2Oc3c(O)ccc([C@H]4Oc5cc(O)cc(O)c5C(=O)[C@@H]4O)c3[C@@H]2CO)ccc1O. The van der Waals surface area contributed by atoms with Gasteiger partial charge in [-0.1, -0.05) is 12.1 Å². The van der Waals surface area contributed by atoms with Gasteiger partial charge in [-0.05, 0) is 23.8 Å². The number of methoxy groups -OCH3 is 1. The lowest BCUT2D eigenvalue weighted by molar-refractivity contribution is 0.0206. The smallest absolute Gasteiger partial charge is 0.202 e. The molecule has 4 atom stereocenters. The van der Waals surface area contributed by atoms with Crippen LogP contribution >= 0.6 is 0 Å². The van der Waals surface area contributed by atoms with Gasteiger partial charge in [0, 0.05) is 23.3 Å². The number of ether oxygens (including phenoxy) is 3. The molecule has 2 aliphatic heterocycles. The van der Waals surface area contributed by atoms with Gasteiger partial charge in [-0.15, -0.1) is 0 Å². The highest BCUT2D eigenvalue weighted by molar-refractivity contribution is 6.05.